The molecule has 0 spiro atoms. The summed E-state index contributed by atoms with van der Waals surface area (Å²) >= 11 is 0. The van der Waals surface area contributed by atoms with E-state index in [1.807, 2.05) is 30.3 Å². The molecule has 0 saturated carbocycles. The fourth-order valence-corrected chi connectivity index (χ4v) is 2.80. The van der Waals surface area contributed by atoms with Gasteiger partial charge in [0.05, 0.1) is 6.61 Å². The van der Waals surface area contributed by atoms with Crippen LogP contribution < -0.4 is 5.32 Å². The van der Waals surface area contributed by atoms with E-state index in [4.69, 9.17) is 4.74 Å². The number of nitrogens with one attached hydrogen (secondary N) is 1. The van der Waals surface area contributed by atoms with Crippen molar-refractivity contribution in [1.29, 1.82) is 0 Å². The molecule has 0 aliphatic carbocycles. The van der Waals surface area contributed by atoms with Crippen LogP contribution in [-0.4, -0.2) is 43.0 Å². The number of nitrogens with zero attached hydrogens (tertiary/aromatic N) is 1. The number of hydrogen-bond donors (Lipinski definition) is 1. The first-order chi connectivity index (χ1) is 13.0. The van der Waals surface area contributed by atoms with Crippen molar-refractivity contribution < 1.29 is 18.7 Å². The lowest BCUT2D eigenvalue weighted by atomic mass is 10.0. The molecule has 1 N–H and O–H groups in total. The lowest BCUT2D eigenvalue weighted by Gasteiger charge is -2.30. The molecular formula is C21H25FN2O3. The van der Waals surface area contributed by atoms with Gasteiger partial charge in [0, 0.05) is 33.5 Å². The molecular weight excluding hydrogens is 347 g/mol. The number of halogens is 1. The average molecular weight is 372 g/mol. The van der Waals surface area contributed by atoms with Crippen molar-refractivity contribution in [2.24, 2.45) is 0 Å². The Balaban J connectivity index is 2.23. The molecule has 2 amide bonds. The van der Waals surface area contributed by atoms with Crippen molar-refractivity contribution in [3.8, 4) is 0 Å². The molecule has 2 aromatic carbocycles. The number of amides is 2. The van der Waals surface area contributed by atoms with E-state index in [2.05, 4.69) is 5.32 Å². The first-order valence-corrected chi connectivity index (χ1v) is 8.83. The van der Waals surface area contributed by atoms with Crippen LogP contribution in [0.1, 0.15) is 18.1 Å². The normalized spacial score (nSPS) is 11.7. The van der Waals surface area contributed by atoms with Crippen LogP contribution in [0.15, 0.2) is 54.6 Å². The summed E-state index contributed by atoms with van der Waals surface area (Å²) in [6.07, 6.45) is 0.389. The van der Waals surface area contributed by atoms with Gasteiger partial charge in [0.15, 0.2) is 0 Å². The van der Waals surface area contributed by atoms with Crippen LogP contribution in [0.2, 0.25) is 0 Å². The summed E-state index contributed by atoms with van der Waals surface area (Å²) in [5.74, 6) is -0.804. The van der Waals surface area contributed by atoms with Gasteiger partial charge in [0.2, 0.25) is 11.8 Å². The lowest BCUT2D eigenvalue weighted by molar-refractivity contribution is -0.139. The zero-order valence-electron chi connectivity index (χ0n) is 15.7. The summed E-state index contributed by atoms with van der Waals surface area (Å²) < 4.78 is 18.1. The van der Waals surface area contributed by atoms with Gasteiger partial charge in [-0.15, -0.1) is 0 Å². The number of carbonyl (C=O) groups excluding carboxylic acids is 2. The van der Waals surface area contributed by atoms with Crippen LogP contribution >= 0.6 is 0 Å². The molecule has 2 aromatic rings. The van der Waals surface area contributed by atoms with Crippen molar-refractivity contribution >= 4 is 11.8 Å². The molecule has 27 heavy (non-hydrogen) atoms. The second-order valence-corrected chi connectivity index (χ2v) is 6.26. The molecule has 144 valence electrons. The summed E-state index contributed by atoms with van der Waals surface area (Å²) in [6.45, 7) is 2.42. The number of hydrogen-bond acceptors (Lipinski definition) is 3. The second kappa shape index (κ2) is 10.4. The molecule has 1 unspecified atom stereocenters. The van der Waals surface area contributed by atoms with Gasteiger partial charge in [-0.3, -0.25) is 9.59 Å². The van der Waals surface area contributed by atoms with Crippen LogP contribution in [0.3, 0.4) is 0 Å². The summed E-state index contributed by atoms with van der Waals surface area (Å²) in [5.41, 5.74) is 1.71. The number of methoxy groups -OCH3 is 1. The summed E-state index contributed by atoms with van der Waals surface area (Å²) in [7, 11) is 1.56. The monoisotopic (exact) mass is 372 g/mol. The van der Waals surface area contributed by atoms with Gasteiger partial charge in [-0.2, -0.15) is 0 Å². The van der Waals surface area contributed by atoms with Gasteiger partial charge in [0.25, 0.3) is 0 Å². The average Bonchev–Trinajstić information content (AvgIpc) is 2.66. The Morgan fingerprint density at radius 1 is 1.07 bits per heavy atom. The first kappa shape index (κ1) is 20.6. The maximum Gasteiger partial charge on any atom is 0.243 e. The van der Waals surface area contributed by atoms with E-state index < -0.39 is 6.04 Å². The van der Waals surface area contributed by atoms with E-state index in [1.54, 1.807) is 19.2 Å². The van der Waals surface area contributed by atoms with E-state index in [0.717, 1.165) is 11.1 Å². The Bertz CT molecular complexity index is 735. The Kier molecular flexibility index (Phi) is 7.95. The molecule has 5 nitrogen and oxygen atoms in total. The van der Waals surface area contributed by atoms with Gasteiger partial charge in [-0.1, -0.05) is 42.5 Å². The Morgan fingerprint density at radius 3 is 2.33 bits per heavy atom. The van der Waals surface area contributed by atoms with E-state index in [1.165, 1.54) is 24.0 Å². The molecule has 2 rings (SSSR count). The molecule has 0 bridgehead atoms. The zero-order valence-corrected chi connectivity index (χ0v) is 15.7. The van der Waals surface area contributed by atoms with Crippen molar-refractivity contribution in [1.82, 2.24) is 10.2 Å². The van der Waals surface area contributed by atoms with Crippen LogP contribution in [-0.2, 0) is 27.3 Å². The third kappa shape index (κ3) is 6.49. The molecule has 0 saturated heterocycles. The summed E-state index contributed by atoms with van der Waals surface area (Å²) in [6, 6.07) is 14.8. The molecule has 0 radical (unpaired) electrons. The number of rotatable bonds is 9. The number of carbonyl (C=O) groups is 2. The minimum Gasteiger partial charge on any atom is -0.383 e. The minimum atomic E-state index is -0.674. The Hall–Kier alpha value is -2.73. The first-order valence-electron chi connectivity index (χ1n) is 8.83. The van der Waals surface area contributed by atoms with Crippen LogP contribution in [0.25, 0.3) is 0 Å². The topological polar surface area (TPSA) is 58.6 Å². The fourth-order valence-electron chi connectivity index (χ4n) is 2.80. The van der Waals surface area contributed by atoms with E-state index in [0.29, 0.717) is 19.6 Å². The number of benzene rings is 2. The third-order valence-electron chi connectivity index (χ3n) is 4.23. The Morgan fingerprint density at radius 2 is 1.74 bits per heavy atom. The molecule has 0 aliphatic heterocycles. The highest BCUT2D eigenvalue weighted by atomic mass is 19.1. The van der Waals surface area contributed by atoms with Crippen LogP contribution in [0.4, 0.5) is 4.39 Å². The second-order valence-electron chi connectivity index (χ2n) is 6.26. The van der Waals surface area contributed by atoms with Crippen molar-refractivity contribution in [2.45, 2.75) is 25.9 Å². The van der Waals surface area contributed by atoms with Crippen molar-refractivity contribution in [2.75, 3.05) is 20.3 Å². The van der Waals surface area contributed by atoms with Gasteiger partial charge in [-0.25, -0.2) is 4.39 Å². The quantitative estimate of drug-likeness (QED) is 0.688. The molecule has 1 atom stereocenters. The molecule has 6 heteroatoms. The van der Waals surface area contributed by atoms with Crippen LogP contribution in [0, 0.1) is 5.82 Å². The van der Waals surface area contributed by atoms with Crippen molar-refractivity contribution in [3.63, 3.8) is 0 Å². The predicted molar refractivity (Wildman–Crippen MR) is 101 cm³/mol. The standard InChI is InChI=1S/C21H25FN2O3/c1-16(25)24(15-18-8-10-19(22)11-9-18)20(21(26)23-12-13-27-2)14-17-6-4-3-5-7-17/h3-11,20H,12-15H2,1-2H3,(H,23,26). The molecule has 0 aromatic heterocycles. The zero-order chi connectivity index (χ0) is 19.6. The Labute approximate surface area is 159 Å². The van der Waals surface area contributed by atoms with Gasteiger partial charge < -0.3 is 15.0 Å². The molecule has 0 fully saturated rings. The van der Waals surface area contributed by atoms with Gasteiger partial charge in [0.1, 0.15) is 11.9 Å². The smallest absolute Gasteiger partial charge is 0.243 e. The summed E-state index contributed by atoms with van der Waals surface area (Å²) in [4.78, 5) is 26.6. The minimum absolute atomic E-state index is 0.220. The fraction of sp³-hybridized carbons (Fsp3) is 0.333. The molecule has 0 aliphatic rings. The maximum atomic E-state index is 13.2. The largest absolute Gasteiger partial charge is 0.383 e. The summed E-state index contributed by atoms with van der Waals surface area (Å²) in [5, 5.41) is 2.82. The maximum absolute atomic E-state index is 13.2. The van der Waals surface area contributed by atoms with Gasteiger partial charge >= 0.3 is 0 Å². The SMILES string of the molecule is COCCNC(=O)C(Cc1ccccc1)N(Cc1ccc(F)cc1)C(C)=O. The third-order valence-corrected chi connectivity index (χ3v) is 4.23. The van der Waals surface area contributed by atoms with E-state index in [9.17, 15) is 14.0 Å². The highest BCUT2D eigenvalue weighted by Gasteiger charge is 2.28. The van der Waals surface area contributed by atoms with Crippen molar-refractivity contribution in [3.05, 3.63) is 71.5 Å². The van der Waals surface area contributed by atoms with E-state index >= 15 is 0 Å². The molecule has 0 heterocycles. The van der Waals surface area contributed by atoms with E-state index in [-0.39, 0.29) is 24.2 Å². The predicted octanol–water partition coefficient (Wildman–Crippen LogP) is 2.55. The highest BCUT2D eigenvalue weighted by Crippen LogP contribution is 2.15. The highest BCUT2D eigenvalue weighted by molar-refractivity contribution is 5.87. The van der Waals surface area contributed by atoms with Gasteiger partial charge in [-0.05, 0) is 23.3 Å². The lowest BCUT2D eigenvalue weighted by Crippen LogP contribution is -2.50. The number of ether oxygens (including phenoxy) is 1. The van der Waals surface area contributed by atoms with Crippen LogP contribution in [0.5, 0.6) is 0 Å².